The van der Waals surface area contributed by atoms with Gasteiger partial charge in [0.15, 0.2) is 0 Å². The zero-order valence-corrected chi connectivity index (χ0v) is 23.6. The third-order valence-corrected chi connectivity index (χ3v) is 10.2. The first-order chi connectivity index (χ1) is 19.4. The Hall–Kier alpha value is -4.10. The molecule has 5 aromatic rings. The molecule has 2 aromatic heterocycles. The van der Waals surface area contributed by atoms with Crippen molar-refractivity contribution in [3.63, 3.8) is 0 Å². The van der Waals surface area contributed by atoms with Crippen molar-refractivity contribution in [1.82, 2.24) is 19.1 Å². The minimum Gasteiger partial charge on any atom is -0.240 e. The lowest BCUT2D eigenvalue weighted by molar-refractivity contribution is 0.288. The summed E-state index contributed by atoms with van der Waals surface area (Å²) in [6, 6.07) is 26.7. The number of nitriles is 1. The molecule has 0 atom stereocenters. The Morgan fingerprint density at radius 2 is 1.77 bits per heavy atom. The molecule has 40 heavy (non-hydrogen) atoms. The zero-order chi connectivity index (χ0) is 27.7. The molecular weight excluding hydrogens is 539 g/mol. The maximum absolute atomic E-state index is 13.5. The highest BCUT2D eigenvalue weighted by Gasteiger charge is 2.28. The second kappa shape index (κ2) is 10.8. The third kappa shape index (κ3) is 5.09. The van der Waals surface area contributed by atoms with Crippen LogP contribution in [0.3, 0.4) is 0 Å². The minimum absolute atomic E-state index is 0.246. The number of allylic oxidation sites excluding steroid dienone is 1. The van der Waals surface area contributed by atoms with Gasteiger partial charge in [-0.2, -0.15) is 14.7 Å². The van der Waals surface area contributed by atoms with E-state index in [9.17, 15) is 13.7 Å². The van der Waals surface area contributed by atoms with Crippen molar-refractivity contribution in [2.75, 3.05) is 13.1 Å². The van der Waals surface area contributed by atoms with Gasteiger partial charge in [0.2, 0.25) is 10.0 Å². The molecule has 200 valence electrons. The summed E-state index contributed by atoms with van der Waals surface area (Å²) in [7, 11) is -3.64. The molecule has 0 N–H and O–H groups in total. The van der Waals surface area contributed by atoms with E-state index in [0.717, 1.165) is 28.7 Å². The lowest BCUT2D eigenvalue weighted by Gasteiger charge is -2.29. The number of rotatable bonds is 6. The predicted octanol–water partition coefficient (Wildman–Crippen LogP) is 6.63. The van der Waals surface area contributed by atoms with Gasteiger partial charge in [0, 0.05) is 30.4 Å². The van der Waals surface area contributed by atoms with E-state index in [1.807, 2.05) is 66.9 Å². The maximum atomic E-state index is 13.5. The second-order valence-corrected chi connectivity index (χ2v) is 13.0. The standard InChI is InChI=1S/C31H27N5O2S2/c1-22-14-16-35(17-15-22)40(37,38)27-11-7-8-23(19-27)30-25(21-36(34-30)26-9-3-2-4-10-26)18-24(20-32)31-33-28-12-5-6-13-29(28)39-31/h2-13,18-19,21-22H,14-17H2,1H3. The number of piperidine rings is 1. The monoisotopic (exact) mass is 565 g/mol. The normalized spacial score (nSPS) is 15.3. The zero-order valence-electron chi connectivity index (χ0n) is 21.9. The summed E-state index contributed by atoms with van der Waals surface area (Å²) < 4.78 is 31.4. The molecule has 3 aromatic carbocycles. The fourth-order valence-electron chi connectivity index (χ4n) is 4.89. The number of fused-ring (bicyclic) bond motifs is 1. The number of aromatic nitrogens is 3. The molecule has 0 unspecified atom stereocenters. The summed E-state index contributed by atoms with van der Waals surface area (Å²) in [5.74, 6) is 0.527. The molecule has 0 amide bonds. The van der Waals surface area contributed by atoms with E-state index >= 15 is 0 Å². The number of hydrogen-bond acceptors (Lipinski definition) is 6. The topological polar surface area (TPSA) is 91.9 Å². The Labute approximate surface area is 237 Å². The summed E-state index contributed by atoms with van der Waals surface area (Å²) >= 11 is 1.46. The number of sulfonamides is 1. The van der Waals surface area contributed by atoms with Gasteiger partial charge in [0.1, 0.15) is 16.8 Å². The van der Waals surface area contributed by atoms with Gasteiger partial charge in [-0.05, 0) is 61.2 Å². The van der Waals surface area contributed by atoms with Crippen LogP contribution < -0.4 is 0 Å². The molecule has 3 heterocycles. The van der Waals surface area contributed by atoms with Crippen molar-refractivity contribution in [1.29, 1.82) is 5.26 Å². The molecule has 1 aliphatic heterocycles. The van der Waals surface area contributed by atoms with Crippen LogP contribution in [-0.4, -0.2) is 40.6 Å². The summed E-state index contributed by atoms with van der Waals surface area (Å²) in [4.78, 5) is 4.91. The number of nitrogens with zero attached hydrogens (tertiary/aromatic N) is 5. The van der Waals surface area contributed by atoms with Gasteiger partial charge < -0.3 is 0 Å². The average molecular weight is 566 g/mol. The molecule has 9 heteroatoms. The Kier molecular flexibility index (Phi) is 7.07. The first-order valence-corrected chi connectivity index (χ1v) is 15.4. The van der Waals surface area contributed by atoms with Crippen LogP contribution in [0.1, 0.15) is 30.3 Å². The van der Waals surface area contributed by atoms with Crippen molar-refractivity contribution in [3.05, 3.63) is 95.6 Å². The highest BCUT2D eigenvalue weighted by atomic mass is 32.2. The van der Waals surface area contributed by atoms with Crippen LogP contribution in [0.25, 0.3) is 38.8 Å². The Morgan fingerprint density at radius 3 is 2.52 bits per heavy atom. The van der Waals surface area contributed by atoms with Crippen molar-refractivity contribution in [3.8, 4) is 23.0 Å². The SMILES string of the molecule is CC1CCN(S(=O)(=O)c2cccc(-c3nn(-c4ccccc4)cc3C=C(C#N)c3nc4ccccc4s3)c2)CC1. The van der Waals surface area contributed by atoms with Crippen LogP contribution in [0.5, 0.6) is 0 Å². The van der Waals surface area contributed by atoms with Crippen LogP contribution in [0.15, 0.2) is 90.0 Å². The summed E-state index contributed by atoms with van der Waals surface area (Å²) in [5, 5.41) is 15.6. The van der Waals surface area contributed by atoms with Gasteiger partial charge in [-0.25, -0.2) is 18.1 Å². The lowest BCUT2D eigenvalue weighted by atomic mass is 10.0. The van der Waals surface area contributed by atoms with E-state index in [1.54, 1.807) is 33.3 Å². The quantitative estimate of drug-likeness (QED) is 0.215. The number of benzene rings is 3. The van der Waals surface area contributed by atoms with E-state index < -0.39 is 10.0 Å². The van der Waals surface area contributed by atoms with Gasteiger partial charge in [0.25, 0.3) is 0 Å². The van der Waals surface area contributed by atoms with Crippen molar-refractivity contribution in [2.24, 2.45) is 5.92 Å². The van der Waals surface area contributed by atoms with Gasteiger partial charge in [-0.15, -0.1) is 11.3 Å². The number of para-hydroxylation sites is 2. The highest BCUT2D eigenvalue weighted by molar-refractivity contribution is 7.89. The average Bonchev–Trinajstić information content (AvgIpc) is 3.61. The molecule has 1 fully saturated rings. The molecule has 0 spiro atoms. The molecule has 7 nitrogen and oxygen atoms in total. The first kappa shape index (κ1) is 26.1. The third-order valence-electron chi connectivity index (χ3n) is 7.20. The fraction of sp³-hybridized carbons (Fsp3) is 0.194. The van der Waals surface area contributed by atoms with Crippen LogP contribution in [0, 0.1) is 17.2 Å². The van der Waals surface area contributed by atoms with Gasteiger partial charge in [0.05, 0.1) is 26.4 Å². The maximum Gasteiger partial charge on any atom is 0.243 e. The van der Waals surface area contributed by atoms with Gasteiger partial charge in [-0.1, -0.05) is 49.4 Å². The number of thiazole rings is 1. The summed E-state index contributed by atoms with van der Waals surface area (Å²) in [6.07, 6.45) is 5.37. The van der Waals surface area contributed by atoms with Crippen LogP contribution >= 0.6 is 11.3 Å². The van der Waals surface area contributed by atoms with Crippen molar-refractivity contribution in [2.45, 2.75) is 24.7 Å². The van der Waals surface area contributed by atoms with Crippen LogP contribution in [-0.2, 0) is 10.0 Å². The van der Waals surface area contributed by atoms with Gasteiger partial charge >= 0.3 is 0 Å². The van der Waals surface area contributed by atoms with Crippen LogP contribution in [0.2, 0.25) is 0 Å². The molecule has 1 aliphatic rings. The molecule has 0 bridgehead atoms. The van der Waals surface area contributed by atoms with Crippen molar-refractivity contribution >= 4 is 43.2 Å². The lowest BCUT2D eigenvalue weighted by Crippen LogP contribution is -2.37. The Balaban J connectivity index is 1.45. The predicted molar refractivity (Wildman–Crippen MR) is 159 cm³/mol. The first-order valence-electron chi connectivity index (χ1n) is 13.2. The summed E-state index contributed by atoms with van der Waals surface area (Å²) in [6.45, 7) is 3.21. The highest BCUT2D eigenvalue weighted by Crippen LogP contribution is 2.33. The van der Waals surface area contributed by atoms with Crippen LogP contribution in [0.4, 0.5) is 0 Å². The Morgan fingerprint density at radius 1 is 1.02 bits per heavy atom. The second-order valence-electron chi connectivity index (χ2n) is 9.98. The molecular formula is C31H27N5O2S2. The molecule has 0 saturated carbocycles. The van der Waals surface area contributed by atoms with E-state index in [1.165, 1.54) is 11.3 Å². The van der Waals surface area contributed by atoms with Gasteiger partial charge in [-0.3, -0.25) is 0 Å². The fourth-order valence-corrected chi connectivity index (χ4v) is 7.34. The molecule has 0 aliphatic carbocycles. The van der Waals surface area contributed by atoms with E-state index in [2.05, 4.69) is 18.0 Å². The van der Waals surface area contributed by atoms with Crippen molar-refractivity contribution < 1.29 is 8.42 Å². The molecule has 6 rings (SSSR count). The molecule has 0 radical (unpaired) electrons. The molecule has 1 saturated heterocycles. The van der Waals surface area contributed by atoms with E-state index in [0.29, 0.717) is 46.4 Å². The van der Waals surface area contributed by atoms with E-state index in [4.69, 9.17) is 5.10 Å². The number of hydrogen-bond donors (Lipinski definition) is 0. The largest absolute Gasteiger partial charge is 0.243 e. The minimum atomic E-state index is -3.64. The Bertz CT molecular complexity index is 1830. The smallest absolute Gasteiger partial charge is 0.240 e. The van der Waals surface area contributed by atoms with E-state index in [-0.39, 0.29) is 4.90 Å². The summed E-state index contributed by atoms with van der Waals surface area (Å²) in [5.41, 5.74) is 4.06.